The number of methoxy groups -OCH3 is 1. The van der Waals surface area contributed by atoms with E-state index >= 15 is 0 Å². The van der Waals surface area contributed by atoms with E-state index in [2.05, 4.69) is 18.2 Å². The molecule has 0 spiro atoms. The Morgan fingerprint density at radius 1 is 0.880 bits per heavy atom. The Labute approximate surface area is 159 Å². The highest BCUT2D eigenvalue weighted by Gasteiger charge is 2.23. The van der Waals surface area contributed by atoms with Crippen molar-refractivity contribution in [2.45, 2.75) is 19.6 Å². The summed E-state index contributed by atoms with van der Waals surface area (Å²) in [7, 11) is 1.39. The zero-order chi connectivity index (χ0) is 17.4. The van der Waals surface area contributed by atoms with Crippen molar-refractivity contribution >= 4 is 41.1 Å². The second kappa shape index (κ2) is 6.79. The van der Waals surface area contributed by atoms with Gasteiger partial charge in [-0.2, -0.15) is 0 Å². The number of carbonyl (C=O) groups is 1. The number of carbonyl (C=O) groups excluding carboxylic acids is 1. The van der Waals surface area contributed by atoms with E-state index in [9.17, 15) is 4.79 Å². The average Bonchev–Trinajstić information content (AvgIpc) is 2.65. The lowest BCUT2D eigenvalue weighted by molar-refractivity contribution is 0.0601. The minimum Gasteiger partial charge on any atom is -0.465 e. The van der Waals surface area contributed by atoms with Gasteiger partial charge in [0.1, 0.15) is 0 Å². The quantitative estimate of drug-likeness (QED) is 0.373. The van der Waals surface area contributed by atoms with E-state index in [1.807, 2.05) is 30.3 Å². The van der Waals surface area contributed by atoms with E-state index in [1.54, 1.807) is 35.7 Å². The molecule has 0 aliphatic carbocycles. The van der Waals surface area contributed by atoms with Crippen LogP contribution in [0.1, 0.15) is 10.4 Å². The van der Waals surface area contributed by atoms with Crippen molar-refractivity contribution in [3.8, 4) is 11.1 Å². The number of benzene rings is 3. The maximum absolute atomic E-state index is 12.2. The summed E-state index contributed by atoms with van der Waals surface area (Å²) < 4.78 is 4.94. The molecule has 1 aliphatic rings. The smallest absolute Gasteiger partial charge is 0.338 e. The van der Waals surface area contributed by atoms with Crippen LogP contribution >= 0.6 is 35.1 Å². The van der Waals surface area contributed by atoms with Gasteiger partial charge in [-0.1, -0.05) is 59.4 Å². The second-order valence-electron chi connectivity index (χ2n) is 5.47. The first-order chi connectivity index (χ1) is 12.2. The summed E-state index contributed by atoms with van der Waals surface area (Å²) in [5, 5.41) is 0.592. The van der Waals surface area contributed by atoms with Crippen LogP contribution < -0.4 is 0 Å². The maximum Gasteiger partial charge on any atom is 0.338 e. The lowest BCUT2D eigenvalue weighted by Crippen LogP contribution is -2.04. The van der Waals surface area contributed by atoms with Crippen LogP contribution in [0.5, 0.6) is 0 Å². The van der Waals surface area contributed by atoms with Crippen molar-refractivity contribution < 1.29 is 9.53 Å². The molecule has 1 heterocycles. The van der Waals surface area contributed by atoms with Gasteiger partial charge < -0.3 is 4.74 Å². The van der Waals surface area contributed by atoms with Crippen LogP contribution in [0.25, 0.3) is 11.1 Å². The van der Waals surface area contributed by atoms with Gasteiger partial charge in [-0.05, 0) is 47.5 Å². The van der Waals surface area contributed by atoms with Crippen LogP contribution in [0, 0.1) is 0 Å². The molecule has 0 saturated carbocycles. The SMILES string of the molecule is COC(=O)c1ccc(Cl)cc1-c1cccc2c1Sc1ccccc1S2. The molecule has 3 aromatic carbocycles. The number of fused-ring (bicyclic) bond motifs is 2. The molecule has 0 fully saturated rings. The van der Waals surface area contributed by atoms with Gasteiger partial charge in [0.2, 0.25) is 0 Å². The van der Waals surface area contributed by atoms with E-state index in [-0.39, 0.29) is 5.97 Å². The Hall–Kier alpha value is -1.88. The number of hydrogen-bond donors (Lipinski definition) is 0. The molecule has 0 N–H and O–H groups in total. The monoisotopic (exact) mass is 384 g/mol. The van der Waals surface area contributed by atoms with Crippen LogP contribution in [0.4, 0.5) is 0 Å². The third-order valence-corrected chi connectivity index (χ3v) is 6.79. The molecular formula is C20H13ClO2S2. The van der Waals surface area contributed by atoms with Crippen molar-refractivity contribution in [3.05, 3.63) is 71.2 Å². The summed E-state index contributed by atoms with van der Waals surface area (Å²) in [6, 6.07) is 19.7. The molecule has 0 radical (unpaired) electrons. The molecule has 0 bridgehead atoms. The van der Waals surface area contributed by atoms with Crippen molar-refractivity contribution in [2.75, 3.05) is 7.11 Å². The lowest BCUT2D eigenvalue weighted by atomic mass is 9.99. The van der Waals surface area contributed by atoms with E-state index in [0.717, 1.165) is 16.0 Å². The molecule has 4 rings (SSSR count). The number of ether oxygens (including phenoxy) is 1. The van der Waals surface area contributed by atoms with Gasteiger partial charge in [-0.25, -0.2) is 4.79 Å². The molecule has 0 atom stereocenters. The van der Waals surface area contributed by atoms with E-state index < -0.39 is 0 Å². The summed E-state index contributed by atoms with van der Waals surface area (Å²) in [6.45, 7) is 0. The Morgan fingerprint density at radius 2 is 1.60 bits per heavy atom. The Morgan fingerprint density at radius 3 is 2.36 bits per heavy atom. The average molecular weight is 385 g/mol. The highest BCUT2D eigenvalue weighted by Crippen LogP contribution is 2.52. The molecule has 0 amide bonds. The van der Waals surface area contributed by atoms with Crippen LogP contribution in [-0.4, -0.2) is 13.1 Å². The summed E-state index contributed by atoms with van der Waals surface area (Å²) >= 11 is 9.68. The summed E-state index contributed by atoms with van der Waals surface area (Å²) in [6.07, 6.45) is 0. The fourth-order valence-corrected chi connectivity index (χ4v) is 5.35. The van der Waals surface area contributed by atoms with Gasteiger partial charge >= 0.3 is 5.97 Å². The minimum absolute atomic E-state index is 0.363. The van der Waals surface area contributed by atoms with Gasteiger partial charge in [0, 0.05) is 24.6 Å². The van der Waals surface area contributed by atoms with Crippen molar-refractivity contribution in [1.82, 2.24) is 0 Å². The Balaban J connectivity index is 1.90. The third kappa shape index (κ3) is 3.06. The van der Waals surface area contributed by atoms with Crippen LogP contribution in [0.15, 0.2) is 80.2 Å². The van der Waals surface area contributed by atoms with Crippen molar-refractivity contribution in [2.24, 2.45) is 0 Å². The normalized spacial score (nSPS) is 12.2. The van der Waals surface area contributed by atoms with Gasteiger partial charge in [0.05, 0.1) is 12.7 Å². The topological polar surface area (TPSA) is 26.3 Å². The first-order valence-electron chi connectivity index (χ1n) is 7.63. The van der Waals surface area contributed by atoms with Crippen LogP contribution in [-0.2, 0) is 4.74 Å². The van der Waals surface area contributed by atoms with Crippen LogP contribution in [0.3, 0.4) is 0 Å². The number of hydrogen-bond acceptors (Lipinski definition) is 4. The molecule has 25 heavy (non-hydrogen) atoms. The van der Waals surface area contributed by atoms with Crippen LogP contribution in [0.2, 0.25) is 5.02 Å². The zero-order valence-electron chi connectivity index (χ0n) is 13.3. The highest BCUT2D eigenvalue weighted by molar-refractivity contribution is 8.05. The first-order valence-corrected chi connectivity index (χ1v) is 9.64. The number of rotatable bonds is 2. The van der Waals surface area contributed by atoms with E-state index in [0.29, 0.717) is 10.6 Å². The number of halogens is 1. The Bertz CT molecular complexity index is 985. The highest BCUT2D eigenvalue weighted by atomic mass is 35.5. The molecule has 1 aliphatic heterocycles. The summed E-state index contributed by atoms with van der Waals surface area (Å²) in [5.41, 5.74) is 2.31. The number of esters is 1. The molecule has 0 saturated heterocycles. The maximum atomic E-state index is 12.2. The largest absolute Gasteiger partial charge is 0.465 e. The third-order valence-electron chi connectivity index (χ3n) is 3.94. The van der Waals surface area contributed by atoms with Gasteiger partial charge in [-0.15, -0.1) is 0 Å². The fourth-order valence-electron chi connectivity index (χ4n) is 2.79. The molecule has 0 aromatic heterocycles. The molecule has 3 aromatic rings. The fraction of sp³-hybridized carbons (Fsp3) is 0.0500. The minimum atomic E-state index is -0.363. The molecule has 2 nitrogen and oxygen atoms in total. The van der Waals surface area contributed by atoms with Gasteiger partial charge in [-0.3, -0.25) is 0 Å². The van der Waals surface area contributed by atoms with E-state index in [1.165, 1.54) is 21.8 Å². The molecular weight excluding hydrogens is 372 g/mol. The Kier molecular flexibility index (Phi) is 4.50. The van der Waals surface area contributed by atoms with E-state index in [4.69, 9.17) is 16.3 Å². The summed E-state index contributed by atoms with van der Waals surface area (Å²) in [4.78, 5) is 17.0. The lowest BCUT2D eigenvalue weighted by Gasteiger charge is -2.21. The first kappa shape index (κ1) is 16.6. The molecule has 5 heteroatoms. The summed E-state index contributed by atoms with van der Waals surface area (Å²) in [5.74, 6) is -0.363. The predicted octanol–water partition coefficient (Wildman–Crippen LogP) is 6.41. The second-order valence-corrected chi connectivity index (χ2v) is 8.04. The molecule has 124 valence electrons. The van der Waals surface area contributed by atoms with Gasteiger partial charge in [0.15, 0.2) is 0 Å². The molecule has 0 unspecified atom stereocenters. The van der Waals surface area contributed by atoms with Gasteiger partial charge in [0.25, 0.3) is 0 Å². The van der Waals surface area contributed by atoms with Crippen molar-refractivity contribution in [3.63, 3.8) is 0 Å². The van der Waals surface area contributed by atoms with Crippen molar-refractivity contribution in [1.29, 1.82) is 0 Å². The zero-order valence-corrected chi connectivity index (χ0v) is 15.7. The predicted molar refractivity (Wildman–Crippen MR) is 103 cm³/mol. The standard InChI is InChI=1S/C20H13ClO2S2/c1-23-20(22)14-10-9-12(21)11-15(14)13-5-4-8-18-19(13)25-17-7-3-2-6-16(17)24-18/h2-11H,1H3.